The summed E-state index contributed by atoms with van der Waals surface area (Å²) in [7, 11) is 0. The maximum absolute atomic E-state index is 12.8. The number of aromatic nitrogens is 2. The highest BCUT2D eigenvalue weighted by atomic mass is 19.4. The van der Waals surface area contributed by atoms with Gasteiger partial charge < -0.3 is 15.5 Å². The number of nitrogens with zero attached hydrogens (tertiary/aromatic N) is 3. The van der Waals surface area contributed by atoms with E-state index in [9.17, 15) is 18.0 Å². The molecule has 0 unspecified atom stereocenters. The first-order chi connectivity index (χ1) is 14.9. The first-order valence-electron chi connectivity index (χ1n) is 9.83. The van der Waals surface area contributed by atoms with Gasteiger partial charge in [0.25, 0.3) is 0 Å². The number of anilines is 3. The predicted octanol–water partition coefficient (Wildman–Crippen LogP) is 5.41. The van der Waals surface area contributed by atoms with Gasteiger partial charge in [0.2, 0.25) is 0 Å². The molecular weight excluding hydrogens is 407 g/mol. The zero-order chi connectivity index (χ0) is 21.8. The van der Waals surface area contributed by atoms with E-state index < -0.39 is 17.8 Å². The molecule has 0 spiro atoms. The Balaban J connectivity index is 1.43. The number of benzene rings is 2. The predicted molar refractivity (Wildman–Crippen MR) is 113 cm³/mol. The lowest BCUT2D eigenvalue weighted by Gasteiger charge is -2.15. The monoisotopic (exact) mass is 427 g/mol. The Bertz CT molecular complexity index is 1060. The molecule has 160 valence electrons. The summed E-state index contributed by atoms with van der Waals surface area (Å²) in [4.78, 5) is 14.4. The molecule has 2 amide bonds. The van der Waals surface area contributed by atoms with E-state index in [1.54, 1.807) is 18.2 Å². The Hall–Kier alpha value is -3.62. The normalized spacial score (nSPS) is 13.8. The molecule has 1 aromatic heterocycles. The molecule has 0 bridgehead atoms. The van der Waals surface area contributed by atoms with E-state index >= 15 is 0 Å². The van der Waals surface area contributed by atoms with Gasteiger partial charge in [-0.15, -0.1) is 10.2 Å². The number of rotatable bonds is 4. The fourth-order valence-corrected chi connectivity index (χ4v) is 3.42. The van der Waals surface area contributed by atoms with Crippen molar-refractivity contribution in [3.8, 4) is 11.3 Å². The van der Waals surface area contributed by atoms with Gasteiger partial charge in [-0.05, 0) is 55.3 Å². The SMILES string of the molecule is O=C(Nc1cccc(-c2ccc(N3CCCC3)nn2)c1)Nc1cccc(C(F)(F)F)c1. The summed E-state index contributed by atoms with van der Waals surface area (Å²) in [5.41, 5.74) is 1.12. The molecule has 2 N–H and O–H groups in total. The van der Waals surface area contributed by atoms with E-state index in [0.29, 0.717) is 11.4 Å². The largest absolute Gasteiger partial charge is 0.416 e. The van der Waals surface area contributed by atoms with Crippen molar-refractivity contribution in [1.29, 1.82) is 0 Å². The first-order valence-corrected chi connectivity index (χ1v) is 9.83. The fraction of sp³-hybridized carbons (Fsp3) is 0.227. The number of hydrogen-bond donors (Lipinski definition) is 2. The molecule has 0 atom stereocenters. The Labute approximate surface area is 177 Å². The minimum Gasteiger partial charge on any atom is -0.355 e. The number of halogens is 3. The zero-order valence-corrected chi connectivity index (χ0v) is 16.5. The van der Waals surface area contributed by atoms with Gasteiger partial charge in [-0.2, -0.15) is 13.2 Å². The van der Waals surface area contributed by atoms with Crippen molar-refractivity contribution in [2.45, 2.75) is 19.0 Å². The molecule has 3 aromatic rings. The highest BCUT2D eigenvalue weighted by Gasteiger charge is 2.30. The highest BCUT2D eigenvalue weighted by molar-refractivity contribution is 6.00. The lowest BCUT2D eigenvalue weighted by Crippen LogP contribution is -2.20. The molecule has 1 fully saturated rings. The van der Waals surface area contributed by atoms with Gasteiger partial charge in [0.15, 0.2) is 5.82 Å². The Kier molecular flexibility index (Phi) is 5.75. The lowest BCUT2D eigenvalue weighted by atomic mass is 10.1. The number of hydrogen-bond acceptors (Lipinski definition) is 4. The average molecular weight is 427 g/mol. The van der Waals surface area contributed by atoms with Crippen LogP contribution in [0.4, 0.5) is 35.2 Å². The highest BCUT2D eigenvalue weighted by Crippen LogP contribution is 2.30. The first kappa shape index (κ1) is 20.6. The Morgan fingerprint density at radius 2 is 1.55 bits per heavy atom. The minimum absolute atomic E-state index is 0.0480. The Morgan fingerprint density at radius 3 is 2.19 bits per heavy atom. The van der Waals surface area contributed by atoms with Crippen LogP contribution in [0.3, 0.4) is 0 Å². The summed E-state index contributed by atoms with van der Waals surface area (Å²) in [6, 6.07) is 14.6. The van der Waals surface area contributed by atoms with Gasteiger partial charge in [-0.1, -0.05) is 18.2 Å². The van der Waals surface area contributed by atoms with Crippen molar-refractivity contribution in [3.63, 3.8) is 0 Å². The second-order valence-electron chi connectivity index (χ2n) is 7.21. The van der Waals surface area contributed by atoms with E-state index in [1.807, 2.05) is 18.2 Å². The summed E-state index contributed by atoms with van der Waals surface area (Å²) < 4.78 is 38.5. The smallest absolute Gasteiger partial charge is 0.355 e. The van der Waals surface area contributed by atoms with Crippen molar-refractivity contribution >= 4 is 23.2 Å². The van der Waals surface area contributed by atoms with Crippen LogP contribution < -0.4 is 15.5 Å². The number of carbonyl (C=O) groups excluding carboxylic acids is 1. The number of amides is 2. The summed E-state index contributed by atoms with van der Waals surface area (Å²) in [5, 5.41) is 13.6. The van der Waals surface area contributed by atoms with Crippen LogP contribution in [0.2, 0.25) is 0 Å². The Morgan fingerprint density at radius 1 is 0.871 bits per heavy atom. The van der Waals surface area contributed by atoms with Gasteiger partial charge in [-0.25, -0.2) is 4.79 Å². The van der Waals surface area contributed by atoms with Gasteiger partial charge >= 0.3 is 12.2 Å². The van der Waals surface area contributed by atoms with Crippen LogP contribution in [0.5, 0.6) is 0 Å². The van der Waals surface area contributed by atoms with Gasteiger partial charge in [-0.3, -0.25) is 0 Å². The molecule has 31 heavy (non-hydrogen) atoms. The summed E-state index contributed by atoms with van der Waals surface area (Å²) in [6.45, 7) is 1.96. The molecule has 2 heterocycles. The van der Waals surface area contributed by atoms with Crippen LogP contribution >= 0.6 is 0 Å². The van der Waals surface area contributed by atoms with Crippen molar-refractivity contribution in [1.82, 2.24) is 10.2 Å². The third-order valence-corrected chi connectivity index (χ3v) is 4.94. The molecule has 1 aliphatic rings. The third kappa shape index (κ3) is 5.11. The average Bonchev–Trinajstić information content (AvgIpc) is 3.28. The molecular formula is C22H20F3N5O. The molecule has 0 aliphatic carbocycles. The summed E-state index contributed by atoms with van der Waals surface area (Å²) >= 11 is 0. The fourth-order valence-electron chi connectivity index (χ4n) is 3.42. The molecule has 0 saturated carbocycles. The van der Waals surface area contributed by atoms with Crippen LogP contribution in [-0.2, 0) is 6.18 Å². The second-order valence-corrected chi connectivity index (χ2v) is 7.21. The van der Waals surface area contributed by atoms with Crippen LogP contribution in [0.15, 0.2) is 60.7 Å². The number of carbonyl (C=O) groups is 1. The molecule has 2 aromatic carbocycles. The second kappa shape index (κ2) is 8.63. The van der Waals surface area contributed by atoms with Crippen LogP contribution in [0, 0.1) is 0 Å². The summed E-state index contributed by atoms with van der Waals surface area (Å²) in [6.07, 6.45) is -2.17. The van der Waals surface area contributed by atoms with Crippen molar-refractivity contribution in [3.05, 3.63) is 66.2 Å². The minimum atomic E-state index is -4.48. The van der Waals surface area contributed by atoms with Crippen molar-refractivity contribution < 1.29 is 18.0 Å². The zero-order valence-electron chi connectivity index (χ0n) is 16.5. The van der Waals surface area contributed by atoms with E-state index in [4.69, 9.17) is 0 Å². The topological polar surface area (TPSA) is 70.2 Å². The van der Waals surface area contributed by atoms with E-state index in [2.05, 4.69) is 25.7 Å². The molecule has 1 aliphatic heterocycles. The maximum Gasteiger partial charge on any atom is 0.416 e. The molecule has 1 saturated heterocycles. The maximum atomic E-state index is 12.8. The van der Waals surface area contributed by atoms with Gasteiger partial charge in [0.1, 0.15) is 0 Å². The van der Waals surface area contributed by atoms with Crippen LogP contribution in [0.1, 0.15) is 18.4 Å². The molecule has 0 radical (unpaired) electrons. The number of urea groups is 1. The molecule has 9 heteroatoms. The lowest BCUT2D eigenvalue weighted by molar-refractivity contribution is -0.137. The van der Waals surface area contributed by atoms with E-state index in [1.165, 1.54) is 12.1 Å². The quantitative estimate of drug-likeness (QED) is 0.584. The number of nitrogens with one attached hydrogen (secondary N) is 2. The van der Waals surface area contributed by atoms with Crippen LogP contribution in [0.25, 0.3) is 11.3 Å². The summed E-state index contributed by atoms with van der Waals surface area (Å²) in [5.74, 6) is 0.844. The molecule has 6 nitrogen and oxygen atoms in total. The standard InChI is InChI=1S/C22H20F3N5O/c23-22(24,25)16-6-4-8-18(14-16)27-21(31)26-17-7-3-5-15(13-17)19-9-10-20(29-28-19)30-11-1-2-12-30/h3-10,13-14H,1-2,11-12H2,(H2,26,27,31). The number of alkyl halides is 3. The van der Waals surface area contributed by atoms with Crippen molar-refractivity contribution in [2.75, 3.05) is 28.6 Å². The third-order valence-electron chi connectivity index (χ3n) is 4.94. The molecule has 4 rings (SSSR count). The van der Waals surface area contributed by atoms with Crippen molar-refractivity contribution in [2.24, 2.45) is 0 Å². The van der Waals surface area contributed by atoms with Gasteiger partial charge in [0.05, 0.1) is 11.3 Å². The van der Waals surface area contributed by atoms with E-state index in [-0.39, 0.29) is 5.69 Å². The van der Waals surface area contributed by atoms with Crippen LogP contribution in [-0.4, -0.2) is 29.3 Å². The van der Waals surface area contributed by atoms with E-state index in [0.717, 1.165) is 49.4 Å². The van der Waals surface area contributed by atoms with Gasteiger partial charge in [0, 0.05) is 30.0 Å².